The zero-order chi connectivity index (χ0) is 20.3. The minimum atomic E-state index is -0.0696. The van der Waals surface area contributed by atoms with Crippen LogP contribution in [0.15, 0.2) is 42.5 Å². The monoisotopic (exact) mass is 416 g/mol. The summed E-state index contributed by atoms with van der Waals surface area (Å²) in [7, 11) is 3.16. The summed E-state index contributed by atoms with van der Waals surface area (Å²) in [4.78, 5) is 20.2. The van der Waals surface area contributed by atoms with Crippen molar-refractivity contribution in [1.82, 2.24) is 4.98 Å². The molecule has 5 nitrogen and oxygen atoms in total. The highest BCUT2D eigenvalue weighted by Crippen LogP contribution is 2.41. The first-order valence-electron chi connectivity index (χ1n) is 8.76. The van der Waals surface area contributed by atoms with Gasteiger partial charge in [0.2, 0.25) is 5.91 Å². The van der Waals surface area contributed by atoms with Crippen LogP contribution in [0.3, 0.4) is 0 Å². The molecule has 1 heterocycles. The molecule has 2 aromatic carbocycles. The van der Waals surface area contributed by atoms with Gasteiger partial charge >= 0.3 is 0 Å². The van der Waals surface area contributed by atoms with Crippen LogP contribution in [-0.2, 0) is 4.79 Å². The number of carbonyl (C=O) groups excluding carboxylic acids is 1. The minimum absolute atomic E-state index is 0.0696. The van der Waals surface area contributed by atoms with Crippen LogP contribution >= 0.6 is 22.9 Å². The second-order valence-corrected chi connectivity index (χ2v) is 7.65. The third-order valence-corrected chi connectivity index (χ3v) is 5.48. The molecule has 0 aliphatic rings. The van der Waals surface area contributed by atoms with Crippen LogP contribution in [0.1, 0.15) is 18.2 Å². The zero-order valence-corrected chi connectivity index (χ0v) is 17.7. The van der Waals surface area contributed by atoms with Crippen LogP contribution in [0.25, 0.3) is 11.3 Å². The summed E-state index contributed by atoms with van der Waals surface area (Å²) in [6, 6.07) is 12.9. The molecule has 7 heteroatoms. The Hall–Kier alpha value is -2.57. The van der Waals surface area contributed by atoms with Crippen molar-refractivity contribution in [3.05, 3.63) is 52.4 Å². The minimum Gasteiger partial charge on any atom is -0.497 e. The maximum atomic E-state index is 12.8. The average molecular weight is 417 g/mol. The number of aromatic nitrogens is 1. The molecule has 0 N–H and O–H groups in total. The lowest BCUT2D eigenvalue weighted by atomic mass is 10.1. The van der Waals surface area contributed by atoms with Crippen LogP contribution in [0.2, 0.25) is 5.02 Å². The number of aryl methyl sites for hydroxylation is 1. The SMILES string of the molecule is CCC(=O)N(c1nc(-c2ccc(Cl)cc2)c(C)s1)c1ccc(OC)cc1OC. The molecule has 3 aromatic rings. The zero-order valence-electron chi connectivity index (χ0n) is 16.2. The van der Waals surface area contributed by atoms with Gasteiger partial charge in [-0.1, -0.05) is 30.7 Å². The predicted octanol–water partition coefficient (Wildman–Crippen LogP) is 5.86. The fourth-order valence-corrected chi connectivity index (χ4v) is 3.91. The standard InChI is InChI=1S/C21H21ClN2O3S/c1-5-19(25)24(17-11-10-16(26-3)12-18(17)27-4)21-23-20(13(2)28-21)14-6-8-15(22)9-7-14/h6-12H,5H2,1-4H3. The number of carbonyl (C=O) groups is 1. The van der Waals surface area contributed by atoms with Gasteiger partial charge in [-0.3, -0.25) is 9.69 Å². The fourth-order valence-electron chi connectivity index (χ4n) is 2.83. The smallest absolute Gasteiger partial charge is 0.233 e. The Morgan fingerprint density at radius 2 is 1.86 bits per heavy atom. The molecule has 0 saturated carbocycles. The van der Waals surface area contributed by atoms with Gasteiger partial charge in [-0.05, 0) is 31.2 Å². The lowest BCUT2D eigenvalue weighted by molar-refractivity contribution is -0.117. The van der Waals surface area contributed by atoms with Gasteiger partial charge < -0.3 is 9.47 Å². The van der Waals surface area contributed by atoms with E-state index < -0.39 is 0 Å². The molecule has 1 aromatic heterocycles. The van der Waals surface area contributed by atoms with Gasteiger partial charge in [0, 0.05) is 28.0 Å². The Balaban J connectivity index is 2.10. The number of benzene rings is 2. The predicted molar refractivity (Wildman–Crippen MR) is 114 cm³/mol. The third-order valence-electron chi connectivity index (χ3n) is 4.27. The summed E-state index contributed by atoms with van der Waals surface area (Å²) in [5, 5.41) is 1.26. The molecule has 3 rings (SSSR count). The van der Waals surface area contributed by atoms with E-state index in [1.165, 1.54) is 11.3 Å². The van der Waals surface area contributed by atoms with Gasteiger partial charge in [-0.2, -0.15) is 0 Å². The van der Waals surface area contributed by atoms with Crippen molar-refractivity contribution in [2.45, 2.75) is 20.3 Å². The van der Waals surface area contributed by atoms with Crippen molar-refractivity contribution in [1.29, 1.82) is 0 Å². The summed E-state index contributed by atoms with van der Waals surface area (Å²) < 4.78 is 10.8. The molecule has 0 unspecified atom stereocenters. The maximum absolute atomic E-state index is 12.8. The number of rotatable bonds is 6. The van der Waals surface area contributed by atoms with Crippen LogP contribution in [0.4, 0.5) is 10.8 Å². The molecule has 0 atom stereocenters. The number of ether oxygens (including phenoxy) is 2. The largest absolute Gasteiger partial charge is 0.497 e. The third kappa shape index (κ3) is 3.98. The van der Waals surface area contributed by atoms with E-state index in [9.17, 15) is 4.79 Å². The number of hydrogen-bond acceptors (Lipinski definition) is 5. The second-order valence-electron chi connectivity index (χ2n) is 6.03. The first-order chi connectivity index (χ1) is 13.5. The molecule has 28 heavy (non-hydrogen) atoms. The van der Waals surface area contributed by atoms with E-state index in [4.69, 9.17) is 26.1 Å². The molecule has 0 aliphatic heterocycles. The van der Waals surface area contributed by atoms with Crippen molar-refractivity contribution < 1.29 is 14.3 Å². The molecule has 0 spiro atoms. The summed E-state index contributed by atoms with van der Waals surface area (Å²) in [6.07, 6.45) is 0.337. The lowest BCUT2D eigenvalue weighted by Crippen LogP contribution is -2.25. The van der Waals surface area contributed by atoms with E-state index in [0.29, 0.717) is 33.8 Å². The number of nitrogens with zero attached hydrogens (tertiary/aromatic N) is 2. The van der Waals surface area contributed by atoms with Crippen LogP contribution in [0, 0.1) is 6.92 Å². The highest BCUT2D eigenvalue weighted by Gasteiger charge is 2.25. The van der Waals surface area contributed by atoms with Crippen molar-refractivity contribution >= 4 is 39.7 Å². The number of amides is 1. The van der Waals surface area contributed by atoms with Crippen LogP contribution in [0.5, 0.6) is 11.5 Å². The van der Waals surface area contributed by atoms with E-state index in [-0.39, 0.29) is 5.91 Å². The first kappa shape index (κ1) is 20.2. The Morgan fingerprint density at radius 1 is 1.14 bits per heavy atom. The van der Waals surface area contributed by atoms with Gasteiger partial charge in [0.05, 0.1) is 25.6 Å². The summed E-state index contributed by atoms with van der Waals surface area (Å²) in [5.74, 6) is 1.13. The van der Waals surface area contributed by atoms with Gasteiger partial charge in [-0.25, -0.2) is 4.98 Å². The van der Waals surface area contributed by atoms with E-state index in [2.05, 4.69) is 0 Å². The van der Waals surface area contributed by atoms with E-state index in [1.807, 2.05) is 44.2 Å². The summed E-state index contributed by atoms with van der Waals surface area (Å²) in [6.45, 7) is 3.82. The van der Waals surface area contributed by atoms with Crippen molar-refractivity contribution in [3.8, 4) is 22.8 Å². The van der Waals surface area contributed by atoms with Gasteiger partial charge in [0.25, 0.3) is 0 Å². The fraction of sp³-hybridized carbons (Fsp3) is 0.238. The normalized spacial score (nSPS) is 10.6. The Bertz CT molecular complexity index is 986. The molecular formula is C21H21ClN2O3S. The van der Waals surface area contributed by atoms with Crippen molar-refractivity contribution in [2.24, 2.45) is 0 Å². The van der Waals surface area contributed by atoms with Crippen LogP contribution < -0.4 is 14.4 Å². The number of anilines is 2. The maximum Gasteiger partial charge on any atom is 0.233 e. The molecule has 0 aliphatic carbocycles. The van der Waals surface area contributed by atoms with Crippen LogP contribution in [-0.4, -0.2) is 25.1 Å². The highest BCUT2D eigenvalue weighted by atomic mass is 35.5. The van der Waals surface area contributed by atoms with E-state index in [1.54, 1.807) is 31.3 Å². The summed E-state index contributed by atoms with van der Waals surface area (Å²) >= 11 is 7.46. The van der Waals surface area contributed by atoms with Crippen molar-refractivity contribution in [2.75, 3.05) is 19.1 Å². The number of methoxy groups -OCH3 is 2. The van der Waals surface area contributed by atoms with E-state index >= 15 is 0 Å². The molecular weight excluding hydrogens is 396 g/mol. The number of thiazole rings is 1. The quantitative estimate of drug-likeness (QED) is 0.504. The molecule has 146 valence electrons. The Labute approximate surface area is 173 Å². The molecule has 0 bridgehead atoms. The Kier molecular flexibility index (Phi) is 6.21. The van der Waals surface area contributed by atoms with Gasteiger partial charge in [0.1, 0.15) is 11.5 Å². The van der Waals surface area contributed by atoms with E-state index in [0.717, 1.165) is 16.1 Å². The average Bonchev–Trinajstić information content (AvgIpc) is 3.09. The van der Waals surface area contributed by atoms with Gasteiger partial charge in [0.15, 0.2) is 5.13 Å². The highest BCUT2D eigenvalue weighted by molar-refractivity contribution is 7.16. The van der Waals surface area contributed by atoms with Gasteiger partial charge in [-0.15, -0.1) is 11.3 Å². The molecule has 1 amide bonds. The molecule has 0 radical (unpaired) electrons. The lowest BCUT2D eigenvalue weighted by Gasteiger charge is -2.22. The number of hydrogen-bond donors (Lipinski definition) is 0. The van der Waals surface area contributed by atoms with Crippen molar-refractivity contribution in [3.63, 3.8) is 0 Å². The summed E-state index contributed by atoms with van der Waals surface area (Å²) in [5.41, 5.74) is 2.42. The number of halogens is 1. The Morgan fingerprint density at radius 3 is 2.46 bits per heavy atom. The second kappa shape index (κ2) is 8.63. The molecule has 0 saturated heterocycles. The topological polar surface area (TPSA) is 51.7 Å². The molecule has 0 fully saturated rings. The first-order valence-corrected chi connectivity index (χ1v) is 9.96.